The molecule has 2 aromatic rings. The van der Waals surface area contributed by atoms with Crippen LogP contribution in [0.25, 0.3) is 0 Å². The molecule has 2 amide bonds. The standard InChI is InChI=1S/C25H33ClN4O3/c1-18(2)30-22(9-11-27-30)25(32)29-14-10-23(33-21-8-6-7-20(26)16-21)19(17-29)15-24(31)28-12-4-3-5-13-28/h6-9,11,16,18-19,23H,3-5,10,12-15,17H2,1-2H3/t19-,23-/m0/s1. The molecule has 0 aliphatic carbocycles. The molecule has 2 aliphatic rings. The van der Waals surface area contributed by atoms with Gasteiger partial charge in [-0.25, -0.2) is 0 Å². The van der Waals surface area contributed by atoms with Crippen molar-refractivity contribution >= 4 is 23.4 Å². The molecule has 7 nitrogen and oxygen atoms in total. The van der Waals surface area contributed by atoms with Gasteiger partial charge in [0.2, 0.25) is 5.91 Å². The van der Waals surface area contributed by atoms with Crippen LogP contribution >= 0.6 is 11.6 Å². The zero-order chi connectivity index (χ0) is 23.4. The number of ether oxygens (including phenoxy) is 1. The van der Waals surface area contributed by atoms with Gasteiger partial charge in [0.1, 0.15) is 17.5 Å². The van der Waals surface area contributed by atoms with Gasteiger partial charge in [0.15, 0.2) is 0 Å². The Bertz CT molecular complexity index is 970. The fourth-order valence-electron chi connectivity index (χ4n) is 4.82. The Labute approximate surface area is 200 Å². The van der Waals surface area contributed by atoms with Crippen molar-refractivity contribution in [3.8, 4) is 5.75 Å². The molecule has 2 fully saturated rings. The molecule has 1 aromatic heterocycles. The van der Waals surface area contributed by atoms with Crippen LogP contribution in [0.5, 0.6) is 5.75 Å². The van der Waals surface area contributed by atoms with Gasteiger partial charge in [0.25, 0.3) is 5.91 Å². The van der Waals surface area contributed by atoms with Gasteiger partial charge in [-0.15, -0.1) is 0 Å². The number of hydrogen-bond acceptors (Lipinski definition) is 4. The van der Waals surface area contributed by atoms with Gasteiger partial charge in [-0.05, 0) is 57.4 Å². The van der Waals surface area contributed by atoms with Crippen molar-refractivity contribution in [3.05, 3.63) is 47.2 Å². The summed E-state index contributed by atoms with van der Waals surface area (Å²) < 4.78 is 8.06. The number of nitrogens with zero attached hydrogens (tertiary/aromatic N) is 4. The van der Waals surface area contributed by atoms with Crippen LogP contribution < -0.4 is 4.74 Å². The largest absolute Gasteiger partial charge is 0.490 e. The molecule has 2 saturated heterocycles. The van der Waals surface area contributed by atoms with E-state index in [4.69, 9.17) is 16.3 Å². The van der Waals surface area contributed by atoms with Crippen molar-refractivity contribution in [2.45, 2.75) is 58.1 Å². The number of aromatic nitrogens is 2. The molecular formula is C25H33ClN4O3. The van der Waals surface area contributed by atoms with Crippen LogP contribution in [0.3, 0.4) is 0 Å². The van der Waals surface area contributed by atoms with E-state index in [1.54, 1.807) is 23.0 Å². The molecule has 2 atom stereocenters. The van der Waals surface area contributed by atoms with Crippen LogP contribution in [0.15, 0.2) is 36.5 Å². The Morgan fingerprint density at radius 2 is 1.91 bits per heavy atom. The highest BCUT2D eigenvalue weighted by Gasteiger charge is 2.36. The highest BCUT2D eigenvalue weighted by molar-refractivity contribution is 6.30. The number of hydrogen-bond donors (Lipinski definition) is 0. The summed E-state index contributed by atoms with van der Waals surface area (Å²) in [7, 11) is 0. The van der Waals surface area contributed by atoms with Crippen molar-refractivity contribution < 1.29 is 14.3 Å². The van der Waals surface area contributed by atoms with Crippen molar-refractivity contribution in [3.63, 3.8) is 0 Å². The third kappa shape index (κ3) is 5.69. The van der Waals surface area contributed by atoms with Gasteiger partial charge < -0.3 is 14.5 Å². The summed E-state index contributed by atoms with van der Waals surface area (Å²) in [6, 6.07) is 9.21. The van der Waals surface area contributed by atoms with Crippen molar-refractivity contribution in [1.29, 1.82) is 0 Å². The average Bonchev–Trinajstić information content (AvgIpc) is 3.31. The van der Waals surface area contributed by atoms with Crippen LogP contribution in [0.4, 0.5) is 0 Å². The predicted molar refractivity (Wildman–Crippen MR) is 128 cm³/mol. The fourth-order valence-corrected chi connectivity index (χ4v) is 5.00. The number of benzene rings is 1. The topological polar surface area (TPSA) is 67.7 Å². The average molecular weight is 473 g/mol. The Hall–Kier alpha value is -2.54. The molecule has 8 heteroatoms. The molecule has 0 radical (unpaired) electrons. The molecule has 33 heavy (non-hydrogen) atoms. The third-order valence-corrected chi connectivity index (χ3v) is 6.79. The summed E-state index contributed by atoms with van der Waals surface area (Å²) >= 11 is 6.14. The van der Waals surface area contributed by atoms with E-state index in [0.717, 1.165) is 25.9 Å². The second-order valence-electron chi connectivity index (χ2n) is 9.31. The number of carbonyl (C=O) groups excluding carboxylic acids is 2. The van der Waals surface area contributed by atoms with E-state index in [1.807, 2.05) is 41.8 Å². The molecule has 0 N–H and O–H groups in total. The molecule has 0 spiro atoms. The summed E-state index contributed by atoms with van der Waals surface area (Å²) in [6.07, 6.45) is 5.84. The molecule has 1 aromatic carbocycles. The minimum absolute atomic E-state index is 0.0437. The van der Waals surface area contributed by atoms with E-state index in [0.29, 0.717) is 42.4 Å². The lowest BCUT2D eigenvalue weighted by molar-refractivity contribution is -0.134. The van der Waals surface area contributed by atoms with Crippen LogP contribution in [-0.4, -0.2) is 63.7 Å². The monoisotopic (exact) mass is 472 g/mol. The van der Waals surface area contributed by atoms with E-state index in [2.05, 4.69) is 5.10 Å². The van der Waals surface area contributed by atoms with Gasteiger partial charge >= 0.3 is 0 Å². The van der Waals surface area contributed by atoms with E-state index >= 15 is 0 Å². The second-order valence-corrected chi connectivity index (χ2v) is 9.75. The normalized spacial score (nSPS) is 21.3. The summed E-state index contributed by atoms with van der Waals surface area (Å²) in [4.78, 5) is 30.3. The van der Waals surface area contributed by atoms with E-state index in [9.17, 15) is 9.59 Å². The third-order valence-electron chi connectivity index (χ3n) is 6.56. The van der Waals surface area contributed by atoms with Gasteiger partial charge in [0.05, 0.1) is 0 Å². The highest BCUT2D eigenvalue weighted by Crippen LogP contribution is 2.29. The van der Waals surface area contributed by atoms with E-state index in [-0.39, 0.29) is 29.9 Å². The summed E-state index contributed by atoms with van der Waals surface area (Å²) in [5.74, 6) is 0.714. The Morgan fingerprint density at radius 3 is 2.64 bits per heavy atom. The predicted octanol–water partition coefficient (Wildman–Crippen LogP) is 4.43. The van der Waals surface area contributed by atoms with Gasteiger partial charge in [0, 0.05) is 62.2 Å². The van der Waals surface area contributed by atoms with Gasteiger partial charge in [-0.3, -0.25) is 14.3 Å². The van der Waals surface area contributed by atoms with Crippen molar-refractivity contribution in [1.82, 2.24) is 19.6 Å². The van der Waals surface area contributed by atoms with Crippen LogP contribution in [-0.2, 0) is 4.79 Å². The SMILES string of the molecule is CC(C)n1nccc1C(=O)N1CC[C@H](Oc2cccc(Cl)c2)[C@@H](CC(=O)N2CCCCC2)C1. The minimum atomic E-state index is -0.156. The first-order chi connectivity index (χ1) is 15.9. The summed E-state index contributed by atoms with van der Waals surface area (Å²) in [6.45, 7) is 6.71. The first-order valence-corrected chi connectivity index (χ1v) is 12.3. The molecule has 178 valence electrons. The number of amides is 2. The first kappa shape index (κ1) is 23.6. The smallest absolute Gasteiger partial charge is 0.272 e. The number of rotatable bonds is 6. The lowest BCUT2D eigenvalue weighted by Gasteiger charge is -2.39. The van der Waals surface area contributed by atoms with Crippen molar-refractivity contribution in [2.24, 2.45) is 5.92 Å². The molecular weight excluding hydrogens is 440 g/mol. The maximum absolute atomic E-state index is 13.3. The first-order valence-electron chi connectivity index (χ1n) is 11.9. The van der Waals surface area contributed by atoms with E-state index in [1.165, 1.54) is 6.42 Å². The quantitative estimate of drug-likeness (QED) is 0.623. The molecule has 2 aliphatic heterocycles. The number of likely N-dealkylation sites (tertiary alicyclic amines) is 2. The Balaban J connectivity index is 1.51. The Kier molecular flexibility index (Phi) is 7.58. The van der Waals surface area contributed by atoms with Crippen LogP contribution in [0, 0.1) is 5.92 Å². The fraction of sp³-hybridized carbons (Fsp3) is 0.560. The molecule has 4 rings (SSSR count). The minimum Gasteiger partial charge on any atom is -0.490 e. The highest BCUT2D eigenvalue weighted by atomic mass is 35.5. The lowest BCUT2D eigenvalue weighted by atomic mass is 9.90. The number of halogens is 1. The van der Waals surface area contributed by atoms with Crippen LogP contribution in [0.1, 0.15) is 62.5 Å². The van der Waals surface area contributed by atoms with Crippen LogP contribution in [0.2, 0.25) is 5.02 Å². The van der Waals surface area contributed by atoms with Gasteiger partial charge in [-0.1, -0.05) is 17.7 Å². The zero-order valence-corrected chi connectivity index (χ0v) is 20.2. The summed E-state index contributed by atoms with van der Waals surface area (Å²) in [5, 5.41) is 4.92. The van der Waals surface area contributed by atoms with Crippen molar-refractivity contribution in [2.75, 3.05) is 26.2 Å². The molecule has 3 heterocycles. The Morgan fingerprint density at radius 1 is 1.12 bits per heavy atom. The lowest BCUT2D eigenvalue weighted by Crippen LogP contribution is -2.50. The summed E-state index contributed by atoms with van der Waals surface area (Å²) in [5.41, 5.74) is 0.584. The zero-order valence-electron chi connectivity index (χ0n) is 19.5. The van der Waals surface area contributed by atoms with Gasteiger partial charge in [-0.2, -0.15) is 5.10 Å². The van der Waals surface area contributed by atoms with E-state index < -0.39 is 0 Å². The second kappa shape index (κ2) is 10.6. The number of carbonyl (C=O) groups is 2. The maximum Gasteiger partial charge on any atom is 0.272 e. The molecule has 0 bridgehead atoms. The number of piperidine rings is 2. The molecule has 0 saturated carbocycles. The maximum atomic E-state index is 13.3. The molecule has 0 unspecified atom stereocenters.